The summed E-state index contributed by atoms with van der Waals surface area (Å²) in [4.78, 5) is 75.4. The molecule has 0 atom stereocenters. The van der Waals surface area contributed by atoms with Gasteiger partial charge in [-0.15, -0.1) is 0 Å². The highest BCUT2D eigenvalue weighted by atomic mass is 35.5. The first-order valence-corrected chi connectivity index (χ1v) is 27.0. The molecule has 0 fully saturated rings. The normalized spacial score (nSPS) is 11.0. The van der Waals surface area contributed by atoms with Gasteiger partial charge in [-0.05, 0) is 136 Å². The predicted molar refractivity (Wildman–Crippen MR) is 323 cm³/mol. The largest absolute Gasteiger partial charge is 0.361 e. The molecule has 0 aliphatic carbocycles. The average Bonchev–Trinajstić information content (AvgIpc) is 3.84. The average molecular weight is 1110 g/mol. The smallest absolute Gasteiger partial charge is 0.277 e. The summed E-state index contributed by atoms with van der Waals surface area (Å²) in [5.74, 6) is -1.28. The van der Waals surface area contributed by atoms with Gasteiger partial charge in [-0.1, -0.05) is 84.4 Å². The van der Waals surface area contributed by atoms with Crippen LogP contribution < -0.4 is 22.2 Å². The highest BCUT2D eigenvalue weighted by molar-refractivity contribution is 6.30. The van der Waals surface area contributed by atoms with E-state index in [0.717, 1.165) is 78.9 Å². The summed E-state index contributed by atoms with van der Waals surface area (Å²) in [5.41, 5.74) is 10.2. The minimum atomic E-state index is -0.668. The maximum Gasteiger partial charge on any atom is 0.277 e. The number of aromatic amines is 1. The Bertz CT molecular complexity index is 4750. The minimum absolute atomic E-state index is 0.0490. The summed E-state index contributed by atoms with van der Waals surface area (Å²) in [5, 5.41) is 1.72. The predicted octanol–water partition coefficient (Wildman–Crippen LogP) is 13.1. The third kappa shape index (κ3) is 11.2. The minimum Gasteiger partial charge on any atom is -0.361 e. The summed E-state index contributed by atoms with van der Waals surface area (Å²) in [6.45, 7) is 9.98. The molecule has 0 saturated carbocycles. The molecular formula is C65H53ClF2N10O4. The van der Waals surface area contributed by atoms with Crippen molar-refractivity contribution in [3.8, 4) is 45.0 Å². The first-order valence-electron chi connectivity index (χ1n) is 26.6. The van der Waals surface area contributed by atoms with Gasteiger partial charge < -0.3 is 23.3 Å². The molecule has 14 nitrogen and oxygen atoms in total. The van der Waals surface area contributed by atoms with Crippen molar-refractivity contribution < 1.29 is 8.78 Å². The van der Waals surface area contributed by atoms with Gasteiger partial charge in [0.2, 0.25) is 0 Å². The number of benzene rings is 7. The molecular weight excluding hydrogens is 1060 g/mol. The van der Waals surface area contributed by atoms with E-state index >= 15 is 0 Å². The van der Waals surface area contributed by atoms with Crippen LogP contribution in [-0.4, -0.2) is 48.2 Å². The molecule has 0 radical (unpaired) electrons. The highest BCUT2D eigenvalue weighted by Crippen LogP contribution is 2.25. The maximum atomic E-state index is 13.9. The molecule has 6 heterocycles. The van der Waals surface area contributed by atoms with Crippen LogP contribution in [-0.2, 0) is 26.2 Å². The monoisotopic (exact) mass is 1110 g/mol. The van der Waals surface area contributed by atoms with E-state index in [1.807, 2.05) is 155 Å². The SMILES string of the molecule is CCn1c(=O)c(-c2cc(F)ccc2F)nc2ccccc21.CCn1c(=O)c(-c2ccc3cc[nH]c3c2)nc2ccccc21.CCn1c(=O)c(-c2cccc(Cl)c2)nc2ccccc21.CCn1c(=O)c(-c2cccnc2)nc2ccccc21. The second kappa shape index (κ2) is 24.5. The fourth-order valence-corrected chi connectivity index (χ4v) is 9.97. The Morgan fingerprint density at radius 1 is 0.439 bits per heavy atom. The third-order valence-corrected chi connectivity index (χ3v) is 14.0. The molecule has 0 amide bonds. The van der Waals surface area contributed by atoms with Crippen molar-refractivity contribution in [3.05, 3.63) is 253 Å². The topological polar surface area (TPSA) is 168 Å². The quantitative estimate of drug-likeness (QED) is 0.156. The lowest BCUT2D eigenvalue weighted by Crippen LogP contribution is -2.23. The van der Waals surface area contributed by atoms with E-state index in [1.54, 1.807) is 62.5 Å². The Balaban J connectivity index is 0.000000123. The number of hydrogen-bond donors (Lipinski definition) is 1. The molecule has 0 spiro atoms. The van der Waals surface area contributed by atoms with Gasteiger partial charge in [0.1, 0.15) is 34.4 Å². The molecule has 1 N–H and O–H groups in total. The maximum absolute atomic E-state index is 13.9. The van der Waals surface area contributed by atoms with E-state index in [2.05, 4.69) is 29.9 Å². The zero-order valence-corrected chi connectivity index (χ0v) is 45.9. The number of aromatic nitrogens is 10. The Hall–Kier alpha value is -10.1. The molecule has 408 valence electrons. The van der Waals surface area contributed by atoms with Crippen LogP contribution in [0.25, 0.3) is 100 Å². The molecule has 0 bridgehead atoms. The number of nitrogens with zero attached hydrogens (tertiary/aromatic N) is 9. The van der Waals surface area contributed by atoms with E-state index < -0.39 is 17.2 Å². The Morgan fingerprint density at radius 2 is 0.878 bits per heavy atom. The molecule has 0 unspecified atom stereocenters. The molecule has 0 aliphatic heterocycles. The van der Waals surface area contributed by atoms with Gasteiger partial charge in [-0.3, -0.25) is 24.2 Å². The molecule has 13 rings (SSSR count). The summed E-state index contributed by atoms with van der Waals surface area (Å²) >= 11 is 6.00. The number of pyridine rings is 1. The Morgan fingerprint density at radius 3 is 1.34 bits per heavy atom. The lowest BCUT2D eigenvalue weighted by Gasteiger charge is -2.10. The van der Waals surface area contributed by atoms with Crippen molar-refractivity contribution in [2.24, 2.45) is 0 Å². The number of nitrogens with one attached hydrogen (secondary N) is 1. The van der Waals surface area contributed by atoms with Gasteiger partial charge in [0.15, 0.2) is 0 Å². The zero-order valence-electron chi connectivity index (χ0n) is 45.1. The standard InChI is InChI=1S/C18H15N3O.C16H13ClN2O.C16H12F2N2O.C15H13N3O/c1-2-21-16-6-4-3-5-14(16)20-17(18(21)22)13-8-7-12-9-10-19-15(12)11-13;1-2-19-14-9-4-3-8-13(14)18-15(16(19)20)11-6-5-7-12(17)10-11;1-2-20-14-6-4-3-5-13(14)19-15(16(20)21)11-9-10(17)7-8-12(11)18;1-2-18-13-8-4-3-7-12(13)17-14(15(18)19)11-6-5-9-16-10-11/h3-11,19H,2H2,1H3;3-10H,2H2,1H3;3-9H,2H2,1H3;3-10H,2H2,1H3. The van der Waals surface area contributed by atoms with E-state index in [4.69, 9.17) is 11.6 Å². The van der Waals surface area contributed by atoms with Crippen molar-refractivity contribution in [1.29, 1.82) is 0 Å². The summed E-state index contributed by atoms with van der Waals surface area (Å²) in [6.07, 6.45) is 5.24. The van der Waals surface area contributed by atoms with Crippen LogP contribution in [0.15, 0.2) is 214 Å². The van der Waals surface area contributed by atoms with Crippen LogP contribution in [0.2, 0.25) is 5.02 Å². The summed E-state index contributed by atoms with van der Waals surface area (Å²) in [6, 6.07) is 52.0. The lowest BCUT2D eigenvalue weighted by molar-refractivity contribution is 0.602. The van der Waals surface area contributed by atoms with Crippen LogP contribution in [0.4, 0.5) is 8.78 Å². The number of rotatable bonds is 8. The number of fused-ring (bicyclic) bond motifs is 5. The molecule has 13 aromatic rings. The molecule has 0 aliphatic rings. The van der Waals surface area contributed by atoms with Crippen LogP contribution in [0.5, 0.6) is 0 Å². The summed E-state index contributed by atoms with van der Waals surface area (Å²) in [7, 11) is 0. The fourth-order valence-electron chi connectivity index (χ4n) is 9.78. The number of aryl methyl sites for hydroxylation is 4. The number of halogens is 3. The fraction of sp³-hybridized carbons (Fsp3) is 0.123. The van der Waals surface area contributed by atoms with Gasteiger partial charge in [-0.25, -0.2) is 28.7 Å². The number of para-hydroxylation sites is 8. The van der Waals surface area contributed by atoms with Gasteiger partial charge in [0, 0.05) is 77.6 Å². The van der Waals surface area contributed by atoms with Crippen LogP contribution in [0.3, 0.4) is 0 Å². The molecule has 6 aromatic heterocycles. The van der Waals surface area contributed by atoms with Crippen molar-refractivity contribution >= 4 is 66.6 Å². The highest BCUT2D eigenvalue weighted by Gasteiger charge is 2.18. The third-order valence-electron chi connectivity index (χ3n) is 13.7. The Labute approximate surface area is 472 Å². The second-order valence-electron chi connectivity index (χ2n) is 18.7. The zero-order chi connectivity index (χ0) is 57.4. The van der Waals surface area contributed by atoms with Crippen molar-refractivity contribution in [2.75, 3.05) is 0 Å². The van der Waals surface area contributed by atoms with E-state index in [0.29, 0.717) is 59.3 Å². The van der Waals surface area contributed by atoms with Crippen LogP contribution in [0, 0.1) is 11.6 Å². The van der Waals surface area contributed by atoms with Gasteiger partial charge in [-0.2, -0.15) is 0 Å². The first kappa shape index (κ1) is 55.3. The molecule has 82 heavy (non-hydrogen) atoms. The van der Waals surface area contributed by atoms with Crippen LogP contribution in [0.1, 0.15) is 27.7 Å². The Kier molecular flexibility index (Phi) is 16.5. The molecule has 0 saturated heterocycles. The summed E-state index contributed by atoms with van der Waals surface area (Å²) < 4.78 is 34.0. The molecule has 17 heteroatoms. The lowest BCUT2D eigenvalue weighted by atomic mass is 10.1. The van der Waals surface area contributed by atoms with E-state index in [-0.39, 0.29) is 27.9 Å². The van der Waals surface area contributed by atoms with Gasteiger partial charge in [0.05, 0.1) is 44.1 Å². The van der Waals surface area contributed by atoms with Gasteiger partial charge in [0.25, 0.3) is 22.2 Å². The van der Waals surface area contributed by atoms with Crippen LogP contribution >= 0.6 is 11.6 Å². The van der Waals surface area contributed by atoms with Crippen molar-refractivity contribution in [1.82, 2.24) is 48.2 Å². The van der Waals surface area contributed by atoms with Crippen molar-refractivity contribution in [3.63, 3.8) is 0 Å². The second-order valence-corrected chi connectivity index (χ2v) is 19.1. The van der Waals surface area contributed by atoms with Crippen molar-refractivity contribution in [2.45, 2.75) is 53.9 Å². The number of hydrogen-bond acceptors (Lipinski definition) is 9. The van der Waals surface area contributed by atoms with Gasteiger partial charge >= 0.3 is 0 Å². The van der Waals surface area contributed by atoms with E-state index in [9.17, 15) is 28.0 Å². The number of H-pyrrole nitrogens is 1. The first-order chi connectivity index (χ1) is 39.9. The van der Waals surface area contributed by atoms with E-state index in [1.165, 1.54) is 4.57 Å². The molecule has 7 aromatic carbocycles.